The van der Waals surface area contributed by atoms with Gasteiger partial charge in [0.15, 0.2) is 0 Å². The van der Waals surface area contributed by atoms with Gasteiger partial charge >= 0.3 is 0 Å². The van der Waals surface area contributed by atoms with Crippen molar-refractivity contribution in [2.75, 3.05) is 0 Å². The highest BCUT2D eigenvalue weighted by atomic mass is 35.5. The first kappa shape index (κ1) is 11.5. The van der Waals surface area contributed by atoms with E-state index in [9.17, 15) is 8.78 Å². The predicted octanol–water partition coefficient (Wildman–Crippen LogP) is 3.73. The van der Waals surface area contributed by atoms with Gasteiger partial charge in [-0.2, -0.15) is 11.3 Å². The fourth-order valence-corrected chi connectivity index (χ4v) is 2.31. The second-order valence-corrected chi connectivity index (χ2v) is 4.48. The maximum absolute atomic E-state index is 13.7. The van der Waals surface area contributed by atoms with Crippen molar-refractivity contribution in [2.45, 2.75) is 6.04 Å². The van der Waals surface area contributed by atoms with E-state index < -0.39 is 17.7 Å². The molecule has 1 aromatic heterocycles. The van der Waals surface area contributed by atoms with Crippen LogP contribution in [0.3, 0.4) is 0 Å². The zero-order chi connectivity index (χ0) is 11.7. The molecule has 2 N–H and O–H groups in total. The lowest BCUT2D eigenvalue weighted by atomic mass is 10.0. The van der Waals surface area contributed by atoms with Gasteiger partial charge < -0.3 is 5.73 Å². The van der Waals surface area contributed by atoms with Gasteiger partial charge in [0.25, 0.3) is 0 Å². The Morgan fingerprint density at radius 2 is 2.00 bits per heavy atom. The molecule has 0 aliphatic heterocycles. The van der Waals surface area contributed by atoms with Crippen LogP contribution in [0.25, 0.3) is 0 Å². The Balaban J connectivity index is 2.52. The van der Waals surface area contributed by atoms with Crippen LogP contribution in [0.5, 0.6) is 0 Å². The zero-order valence-electron chi connectivity index (χ0n) is 8.08. The van der Waals surface area contributed by atoms with Crippen molar-refractivity contribution in [3.8, 4) is 0 Å². The Kier molecular flexibility index (Phi) is 3.23. The van der Waals surface area contributed by atoms with Crippen molar-refractivity contribution in [3.05, 3.63) is 56.7 Å². The van der Waals surface area contributed by atoms with Crippen molar-refractivity contribution in [1.29, 1.82) is 0 Å². The monoisotopic (exact) mass is 259 g/mol. The molecule has 0 spiro atoms. The van der Waals surface area contributed by atoms with Gasteiger partial charge in [0.1, 0.15) is 11.6 Å². The van der Waals surface area contributed by atoms with E-state index in [0.29, 0.717) is 5.56 Å². The zero-order valence-corrected chi connectivity index (χ0v) is 9.66. The van der Waals surface area contributed by atoms with Crippen LogP contribution in [0.4, 0.5) is 8.78 Å². The van der Waals surface area contributed by atoms with Gasteiger partial charge in [-0.1, -0.05) is 11.6 Å². The van der Waals surface area contributed by atoms with Gasteiger partial charge in [-0.3, -0.25) is 0 Å². The summed E-state index contributed by atoms with van der Waals surface area (Å²) in [5.74, 6) is -1.47. The summed E-state index contributed by atoms with van der Waals surface area (Å²) in [5, 5.41) is 3.43. The topological polar surface area (TPSA) is 26.0 Å². The summed E-state index contributed by atoms with van der Waals surface area (Å²) >= 11 is 7.02. The Morgan fingerprint density at radius 1 is 1.25 bits per heavy atom. The fraction of sp³-hybridized carbons (Fsp3) is 0.0909. The van der Waals surface area contributed by atoms with Crippen molar-refractivity contribution in [2.24, 2.45) is 5.73 Å². The van der Waals surface area contributed by atoms with Gasteiger partial charge in [0, 0.05) is 5.56 Å². The first-order valence-electron chi connectivity index (χ1n) is 4.52. The molecule has 84 valence electrons. The van der Waals surface area contributed by atoms with E-state index in [4.69, 9.17) is 17.3 Å². The minimum atomic E-state index is -0.829. The van der Waals surface area contributed by atoms with Crippen molar-refractivity contribution in [1.82, 2.24) is 0 Å². The maximum atomic E-state index is 13.7. The summed E-state index contributed by atoms with van der Waals surface area (Å²) in [7, 11) is 0. The number of thiophene rings is 1. The number of nitrogens with two attached hydrogens (primary N) is 1. The smallest absolute Gasteiger partial charge is 0.149 e. The highest BCUT2D eigenvalue weighted by Crippen LogP contribution is 2.29. The summed E-state index contributed by atoms with van der Waals surface area (Å²) in [4.78, 5) is 0. The molecule has 0 aliphatic rings. The summed E-state index contributed by atoms with van der Waals surface area (Å²) < 4.78 is 27.2. The van der Waals surface area contributed by atoms with E-state index in [2.05, 4.69) is 0 Å². The minimum Gasteiger partial charge on any atom is -0.320 e. The van der Waals surface area contributed by atoms with Crippen LogP contribution >= 0.6 is 22.9 Å². The standard InChI is InChI=1S/C11H8ClF2NS/c12-7-1-2-8(13)9(10(7)14)11(15)6-3-4-16-5-6/h1-5,11H,15H2/t11-/m1/s1. The predicted molar refractivity (Wildman–Crippen MR) is 61.7 cm³/mol. The van der Waals surface area contributed by atoms with Gasteiger partial charge in [-0.15, -0.1) is 0 Å². The van der Waals surface area contributed by atoms with Crippen LogP contribution in [0, 0.1) is 11.6 Å². The Morgan fingerprint density at radius 3 is 2.62 bits per heavy atom. The molecule has 0 unspecified atom stereocenters. The largest absolute Gasteiger partial charge is 0.320 e. The lowest BCUT2D eigenvalue weighted by Crippen LogP contribution is -2.15. The third kappa shape index (κ3) is 1.96. The molecule has 1 nitrogen and oxygen atoms in total. The average Bonchev–Trinajstić information content (AvgIpc) is 2.77. The van der Waals surface area contributed by atoms with E-state index in [1.807, 2.05) is 0 Å². The quantitative estimate of drug-likeness (QED) is 0.817. The molecule has 0 fully saturated rings. The molecule has 5 heteroatoms. The van der Waals surface area contributed by atoms with E-state index in [0.717, 1.165) is 6.07 Å². The van der Waals surface area contributed by atoms with Gasteiger partial charge in [0.2, 0.25) is 0 Å². The van der Waals surface area contributed by atoms with E-state index in [1.165, 1.54) is 17.4 Å². The summed E-state index contributed by atoms with van der Waals surface area (Å²) in [5.41, 5.74) is 6.28. The number of hydrogen-bond acceptors (Lipinski definition) is 2. The summed E-state index contributed by atoms with van der Waals surface area (Å²) in [6.45, 7) is 0. The molecule has 1 heterocycles. The van der Waals surface area contributed by atoms with Gasteiger partial charge in [-0.25, -0.2) is 8.78 Å². The van der Waals surface area contributed by atoms with E-state index in [1.54, 1.807) is 16.8 Å². The lowest BCUT2D eigenvalue weighted by Gasteiger charge is -2.13. The van der Waals surface area contributed by atoms with Crippen LogP contribution in [0.2, 0.25) is 5.02 Å². The fourth-order valence-electron chi connectivity index (χ4n) is 1.45. The normalized spacial score (nSPS) is 12.8. The number of halogens is 3. The van der Waals surface area contributed by atoms with Crippen LogP contribution in [-0.4, -0.2) is 0 Å². The first-order chi connectivity index (χ1) is 7.61. The minimum absolute atomic E-state index is 0.123. The molecule has 0 saturated carbocycles. The molecule has 16 heavy (non-hydrogen) atoms. The van der Waals surface area contributed by atoms with E-state index in [-0.39, 0.29) is 10.6 Å². The molecule has 0 radical (unpaired) electrons. The summed E-state index contributed by atoms with van der Waals surface area (Å²) in [6, 6.07) is 3.20. The highest BCUT2D eigenvalue weighted by molar-refractivity contribution is 7.08. The second-order valence-electron chi connectivity index (χ2n) is 3.29. The molecule has 0 bridgehead atoms. The van der Waals surface area contributed by atoms with Crippen LogP contribution < -0.4 is 5.73 Å². The first-order valence-corrected chi connectivity index (χ1v) is 5.84. The number of benzene rings is 1. The second kappa shape index (κ2) is 4.49. The molecular formula is C11H8ClF2NS. The third-order valence-corrected chi connectivity index (χ3v) is 3.29. The molecular weight excluding hydrogens is 252 g/mol. The SMILES string of the molecule is N[C@H](c1ccsc1)c1c(F)ccc(Cl)c1F. The Labute approximate surface area is 100 Å². The Hall–Kier alpha value is -0.970. The lowest BCUT2D eigenvalue weighted by molar-refractivity contribution is 0.544. The van der Waals surface area contributed by atoms with Crippen molar-refractivity contribution >= 4 is 22.9 Å². The van der Waals surface area contributed by atoms with Crippen molar-refractivity contribution < 1.29 is 8.78 Å². The third-order valence-electron chi connectivity index (χ3n) is 2.29. The van der Waals surface area contributed by atoms with Gasteiger partial charge in [0.05, 0.1) is 11.1 Å². The number of rotatable bonds is 2. The van der Waals surface area contributed by atoms with Gasteiger partial charge in [-0.05, 0) is 34.5 Å². The molecule has 0 amide bonds. The molecule has 2 aromatic rings. The Bertz CT molecular complexity index is 499. The highest BCUT2D eigenvalue weighted by Gasteiger charge is 2.20. The number of hydrogen-bond donors (Lipinski definition) is 1. The molecule has 1 atom stereocenters. The van der Waals surface area contributed by atoms with Crippen LogP contribution in [0.1, 0.15) is 17.2 Å². The maximum Gasteiger partial charge on any atom is 0.149 e. The van der Waals surface area contributed by atoms with Crippen LogP contribution in [-0.2, 0) is 0 Å². The molecule has 0 saturated heterocycles. The molecule has 2 rings (SSSR count). The molecule has 1 aromatic carbocycles. The van der Waals surface area contributed by atoms with E-state index >= 15 is 0 Å². The van der Waals surface area contributed by atoms with Crippen molar-refractivity contribution in [3.63, 3.8) is 0 Å². The molecule has 0 aliphatic carbocycles. The van der Waals surface area contributed by atoms with Crippen LogP contribution in [0.15, 0.2) is 29.0 Å². The average molecular weight is 260 g/mol. The summed E-state index contributed by atoms with van der Waals surface area (Å²) in [6.07, 6.45) is 0.